The van der Waals surface area contributed by atoms with Gasteiger partial charge in [-0.15, -0.1) is 17.3 Å². The highest BCUT2D eigenvalue weighted by molar-refractivity contribution is 8.03. The van der Waals surface area contributed by atoms with Crippen LogP contribution in [0.5, 0.6) is 0 Å². The zero-order valence-electron chi connectivity index (χ0n) is 17.9. The van der Waals surface area contributed by atoms with Gasteiger partial charge in [-0.3, -0.25) is 0 Å². The molecule has 0 radical (unpaired) electrons. The van der Waals surface area contributed by atoms with Crippen LogP contribution >= 0.6 is 23.5 Å². The first-order valence-electron chi connectivity index (χ1n) is 10.3. The quantitative estimate of drug-likeness (QED) is 0.227. The molecule has 0 aliphatic rings. The Labute approximate surface area is 177 Å². The SMILES string of the molecule is CCCCSCCSC(C#C[Si](C)(C)C)(CCCC)C(O)c1ccccc1. The van der Waals surface area contributed by atoms with Gasteiger partial charge in [-0.1, -0.05) is 89.0 Å². The summed E-state index contributed by atoms with van der Waals surface area (Å²) >= 11 is 3.92. The van der Waals surface area contributed by atoms with E-state index in [9.17, 15) is 5.11 Å². The van der Waals surface area contributed by atoms with Gasteiger partial charge in [-0.25, -0.2) is 0 Å². The molecule has 2 unspecified atom stereocenters. The third-order valence-electron chi connectivity index (χ3n) is 4.34. The molecule has 2 atom stereocenters. The van der Waals surface area contributed by atoms with Gasteiger partial charge in [0, 0.05) is 11.5 Å². The second-order valence-electron chi connectivity index (χ2n) is 8.12. The standard InChI is InChI=1S/C23H38OS2Si/c1-6-8-15-23(16-20-27(3,4)5,26-19-18-25-17-9-7-2)22(24)21-13-11-10-12-14-21/h10-14,22,24H,6-9,15,17-19H2,1-5H3. The van der Waals surface area contributed by atoms with E-state index in [0.717, 1.165) is 36.3 Å². The molecule has 1 nitrogen and oxygen atoms in total. The molecule has 0 spiro atoms. The lowest BCUT2D eigenvalue weighted by atomic mass is 9.91. The van der Waals surface area contributed by atoms with Crippen molar-refractivity contribution in [3.05, 3.63) is 35.9 Å². The van der Waals surface area contributed by atoms with E-state index in [4.69, 9.17) is 0 Å². The molecule has 27 heavy (non-hydrogen) atoms. The van der Waals surface area contributed by atoms with E-state index < -0.39 is 18.9 Å². The summed E-state index contributed by atoms with van der Waals surface area (Å²) in [5, 5.41) is 11.4. The molecule has 152 valence electrons. The van der Waals surface area contributed by atoms with E-state index in [1.807, 2.05) is 53.9 Å². The maximum absolute atomic E-state index is 11.4. The Bertz CT molecular complexity index is 574. The van der Waals surface area contributed by atoms with Crippen molar-refractivity contribution in [3.8, 4) is 11.5 Å². The molecular formula is C23H38OS2Si. The van der Waals surface area contributed by atoms with Gasteiger partial charge in [0.05, 0.1) is 0 Å². The topological polar surface area (TPSA) is 20.2 Å². The fraction of sp³-hybridized carbons (Fsp3) is 0.652. The molecule has 1 aromatic rings. The van der Waals surface area contributed by atoms with Crippen molar-refractivity contribution < 1.29 is 5.11 Å². The molecule has 1 rings (SSSR count). The molecule has 0 aliphatic heterocycles. The van der Waals surface area contributed by atoms with E-state index >= 15 is 0 Å². The van der Waals surface area contributed by atoms with Crippen LogP contribution in [0.2, 0.25) is 19.6 Å². The Morgan fingerprint density at radius 2 is 1.67 bits per heavy atom. The highest BCUT2D eigenvalue weighted by Crippen LogP contribution is 2.42. The predicted molar refractivity (Wildman–Crippen MR) is 129 cm³/mol. The van der Waals surface area contributed by atoms with Gasteiger partial charge >= 0.3 is 0 Å². The van der Waals surface area contributed by atoms with Crippen LogP contribution in [0.25, 0.3) is 0 Å². The normalized spacial score (nSPS) is 14.9. The highest BCUT2D eigenvalue weighted by atomic mass is 32.2. The molecule has 0 saturated carbocycles. The van der Waals surface area contributed by atoms with E-state index in [0.29, 0.717) is 0 Å². The smallest absolute Gasteiger partial charge is 0.129 e. The van der Waals surface area contributed by atoms with Crippen LogP contribution in [0.1, 0.15) is 57.6 Å². The fourth-order valence-electron chi connectivity index (χ4n) is 2.72. The van der Waals surface area contributed by atoms with Gasteiger partial charge in [-0.2, -0.15) is 11.8 Å². The van der Waals surface area contributed by atoms with Crippen molar-refractivity contribution in [2.24, 2.45) is 0 Å². The maximum atomic E-state index is 11.4. The van der Waals surface area contributed by atoms with Gasteiger partial charge in [0.2, 0.25) is 0 Å². The zero-order chi connectivity index (χ0) is 20.2. The molecule has 0 aliphatic carbocycles. The summed E-state index contributed by atoms with van der Waals surface area (Å²) in [6, 6.07) is 10.1. The van der Waals surface area contributed by atoms with E-state index in [1.54, 1.807) is 0 Å². The monoisotopic (exact) mass is 422 g/mol. The van der Waals surface area contributed by atoms with Crippen molar-refractivity contribution in [1.29, 1.82) is 0 Å². The molecule has 4 heteroatoms. The van der Waals surface area contributed by atoms with Crippen LogP contribution in [0.3, 0.4) is 0 Å². The molecule has 0 fully saturated rings. The number of aliphatic hydroxyl groups excluding tert-OH is 1. The van der Waals surface area contributed by atoms with Crippen molar-refractivity contribution in [2.75, 3.05) is 17.3 Å². The summed E-state index contributed by atoms with van der Waals surface area (Å²) in [5.74, 6) is 7.04. The second kappa shape index (κ2) is 13.0. The second-order valence-corrected chi connectivity index (χ2v) is 15.5. The number of aliphatic hydroxyl groups is 1. The Balaban J connectivity index is 3.05. The number of benzene rings is 1. The van der Waals surface area contributed by atoms with Crippen LogP contribution in [0.15, 0.2) is 30.3 Å². The van der Waals surface area contributed by atoms with Gasteiger partial charge < -0.3 is 5.11 Å². The first kappa shape index (κ1) is 24.7. The third kappa shape index (κ3) is 9.61. The molecule has 0 heterocycles. The summed E-state index contributed by atoms with van der Waals surface area (Å²) in [4.78, 5) is 0. The Kier molecular flexibility index (Phi) is 11.9. The Morgan fingerprint density at radius 1 is 1.00 bits per heavy atom. The van der Waals surface area contributed by atoms with Gasteiger partial charge in [0.1, 0.15) is 18.9 Å². The number of rotatable bonds is 12. The lowest BCUT2D eigenvalue weighted by Crippen LogP contribution is -2.33. The summed E-state index contributed by atoms with van der Waals surface area (Å²) in [7, 11) is -1.51. The van der Waals surface area contributed by atoms with Crippen LogP contribution in [0.4, 0.5) is 0 Å². The summed E-state index contributed by atoms with van der Waals surface area (Å²) in [6.45, 7) is 11.3. The van der Waals surface area contributed by atoms with Crippen molar-refractivity contribution in [1.82, 2.24) is 0 Å². The van der Waals surface area contributed by atoms with Crippen molar-refractivity contribution >= 4 is 31.6 Å². The first-order chi connectivity index (χ1) is 12.8. The Hall–Kier alpha value is -0.343. The minimum atomic E-state index is -1.51. The van der Waals surface area contributed by atoms with E-state index in [-0.39, 0.29) is 0 Å². The van der Waals surface area contributed by atoms with Crippen LogP contribution in [-0.4, -0.2) is 35.2 Å². The van der Waals surface area contributed by atoms with E-state index in [1.165, 1.54) is 18.6 Å². The fourth-order valence-corrected chi connectivity index (χ4v) is 5.98. The van der Waals surface area contributed by atoms with Gasteiger partial charge in [-0.05, 0) is 24.2 Å². The summed E-state index contributed by atoms with van der Waals surface area (Å²) < 4.78 is -0.400. The zero-order valence-corrected chi connectivity index (χ0v) is 20.5. The Morgan fingerprint density at radius 3 is 2.26 bits per heavy atom. The van der Waals surface area contributed by atoms with Crippen molar-refractivity contribution in [3.63, 3.8) is 0 Å². The number of hydrogen-bond donors (Lipinski definition) is 1. The molecule has 0 amide bonds. The van der Waals surface area contributed by atoms with Crippen molar-refractivity contribution in [2.45, 2.75) is 76.4 Å². The lowest BCUT2D eigenvalue weighted by molar-refractivity contribution is 0.146. The molecule has 0 bridgehead atoms. The van der Waals surface area contributed by atoms with Crippen LogP contribution < -0.4 is 0 Å². The lowest BCUT2D eigenvalue weighted by Gasteiger charge is -2.34. The van der Waals surface area contributed by atoms with E-state index in [2.05, 4.69) is 45.0 Å². The number of thioether (sulfide) groups is 2. The minimum Gasteiger partial charge on any atom is -0.386 e. The summed E-state index contributed by atoms with van der Waals surface area (Å²) in [6.07, 6.45) is 5.18. The van der Waals surface area contributed by atoms with Crippen LogP contribution in [0, 0.1) is 11.5 Å². The number of hydrogen-bond acceptors (Lipinski definition) is 3. The van der Waals surface area contributed by atoms with Gasteiger partial charge in [0.15, 0.2) is 0 Å². The van der Waals surface area contributed by atoms with Crippen LogP contribution in [-0.2, 0) is 0 Å². The van der Waals surface area contributed by atoms with Gasteiger partial charge in [0.25, 0.3) is 0 Å². The molecule has 0 saturated heterocycles. The average Bonchev–Trinajstić information content (AvgIpc) is 2.65. The average molecular weight is 423 g/mol. The maximum Gasteiger partial charge on any atom is 0.129 e. The first-order valence-corrected chi connectivity index (χ1v) is 16.0. The molecule has 0 aromatic heterocycles. The largest absolute Gasteiger partial charge is 0.386 e. The molecular weight excluding hydrogens is 384 g/mol. The number of unbranched alkanes of at least 4 members (excludes halogenated alkanes) is 2. The molecule has 1 N–H and O–H groups in total. The molecule has 1 aromatic carbocycles. The third-order valence-corrected chi connectivity index (χ3v) is 7.99. The summed E-state index contributed by atoms with van der Waals surface area (Å²) in [5.41, 5.74) is 4.58. The highest BCUT2D eigenvalue weighted by Gasteiger charge is 2.37. The predicted octanol–water partition coefficient (Wildman–Crippen LogP) is 6.80. The minimum absolute atomic E-state index is 0.400.